The summed E-state index contributed by atoms with van der Waals surface area (Å²) in [5.74, 6) is 1.12. The Kier molecular flexibility index (Phi) is 5.07. The molecule has 0 spiro atoms. The lowest BCUT2D eigenvalue weighted by molar-refractivity contribution is 0.0505. The normalized spacial score (nSPS) is 19.5. The number of anilines is 1. The van der Waals surface area contributed by atoms with E-state index >= 15 is 0 Å². The van der Waals surface area contributed by atoms with Crippen LogP contribution in [0.5, 0.6) is 0 Å². The van der Waals surface area contributed by atoms with Crippen LogP contribution in [0, 0.1) is 13.8 Å². The van der Waals surface area contributed by atoms with E-state index in [1.54, 1.807) is 6.07 Å². The first-order chi connectivity index (χ1) is 13.1. The summed E-state index contributed by atoms with van der Waals surface area (Å²) in [6.45, 7) is 9.28. The molecule has 2 aromatic rings. The van der Waals surface area contributed by atoms with Gasteiger partial charge in [0.1, 0.15) is 0 Å². The van der Waals surface area contributed by atoms with Crippen molar-refractivity contribution < 1.29 is 9.32 Å². The van der Waals surface area contributed by atoms with Crippen molar-refractivity contribution in [3.63, 3.8) is 0 Å². The summed E-state index contributed by atoms with van der Waals surface area (Å²) >= 11 is 0. The zero-order valence-corrected chi connectivity index (χ0v) is 16.0. The van der Waals surface area contributed by atoms with Crippen molar-refractivity contribution in [2.75, 3.05) is 44.2 Å². The zero-order valence-electron chi connectivity index (χ0n) is 16.0. The Morgan fingerprint density at radius 3 is 2.30 bits per heavy atom. The first-order valence-corrected chi connectivity index (χ1v) is 9.61. The number of carbonyl (C=O) groups is 1. The highest BCUT2D eigenvalue weighted by Gasteiger charge is 2.30. The van der Waals surface area contributed by atoms with Crippen LogP contribution in [0.2, 0.25) is 0 Å². The Bertz CT molecular complexity index is 757. The molecule has 0 aromatic carbocycles. The van der Waals surface area contributed by atoms with Crippen molar-refractivity contribution >= 4 is 11.9 Å². The Morgan fingerprint density at radius 2 is 1.70 bits per heavy atom. The molecule has 2 aromatic heterocycles. The highest BCUT2D eigenvalue weighted by atomic mass is 16.5. The van der Waals surface area contributed by atoms with Gasteiger partial charge in [-0.1, -0.05) is 5.16 Å². The van der Waals surface area contributed by atoms with Gasteiger partial charge in [-0.25, -0.2) is 9.97 Å². The zero-order chi connectivity index (χ0) is 18.8. The fraction of sp³-hybridized carbons (Fsp3) is 0.579. The lowest BCUT2D eigenvalue weighted by Crippen LogP contribution is -2.54. The van der Waals surface area contributed by atoms with Gasteiger partial charge in [-0.15, -0.1) is 0 Å². The van der Waals surface area contributed by atoms with E-state index in [1.807, 2.05) is 24.8 Å². The van der Waals surface area contributed by atoms with Crippen molar-refractivity contribution in [1.82, 2.24) is 24.9 Å². The first-order valence-electron chi connectivity index (χ1n) is 9.61. The second-order valence-corrected chi connectivity index (χ2v) is 7.37. The fourth-order valence-electron chi connectivity index (χ4n) is 4.05. The van der Waals surface area contributed by atoms with Crippen LogP contribution in [0.1, 0.15) is 34.8 Å². The number of amides is 1. The molecule has 0 saturated carbocycles. The number of hydrogen-bond donors (Lipinski definition) is 0. The Balaban J connectivity index is 1.29. The molecular formula is C19H26N6O2. The van der Waals surface area contributed by atoms with Gasteiger partial charge in [-0.05, 0) is 32.8 Å². The molecular weight excluding hydrogens is 344 g/mol. The van der Waals surface area contributed by atoms with Crippen LogP contribution in [-0.2, 0) is 0 Å². The predicted molar refractivity (Wildman–Crippen MR) is 101 cm³/mol. The second kappa shape index (κ2) is 7.64. The average molecular weight is 370 g/mol. The fourth-order valence-corrected chi connectivity index (χ4v) is 4.05. The van der Waals surface area contributed by atoms with Crippen molar-refractivity contribution in [3.8, 4) is 0 Å². The quantitative estimate of drug-likeness (QED) is 0.810. The number of aryl methyl sites for hydroxylation is 2. The predicted octanol–water partition coefficient (Wildman–Crippen LogP) is 1.51. The van der Waals surface area contributed by atoms with Crippen LogP contribution in [0.3, 0.4) is 0 Å². The van der Waals surface area contributed by atoms with E-state index < -0.39 is 0 Å². The lowest BCUT2D eigenvalue weighted by Gasteiger charge is -2.42. The Hall–Kier alpha value is -2.48. The molecule has 0 N–H and O–H groups in total. The van der Waals surface area contributed by atoms with Crippen molar-refractivity contribution in [2.24, 2.45) is 0 Å². The molecule has 8 nitrogen and oxygen atoms in total. The molecule has 1 amide bonds. The van der Waals surface area contributed by atoms with Gasteiger partial charge < -0.3 is 14.3 Å². The number of carbonyl (C=O) groups excluding carboxylic acids is 1. The van der Waals surface area contributed by atoms with Crippen LogP contribution in [0.15, 0.2) is 22.9 Å². The number of piperazine rings is 1. The molecule has 8 heteroatoms. The number of nitrogens with zero attached hydrogens (tertiary/aromatic N) is 6. The topological polar surface area (TPSA) is 78.6 Å². The summed E-state index contributed by atoms with van der Waals surface area (Å²) in [5, 5.41) is 3.62. The molecule has 2 aliphatic rings. The Morgan fingerprint density at radius 1 is 1.04 bits per heavy atom. The molecule has 2 saturated heterocycles. The second-order valence-electron chi connectivity index (χ2n) is 7.37. The van der Waals surface area contributed by atoms with Crippen LogP contribution in [-0.4, -0.2) is 76.1 Å². The van der Waals surface area contributed by atoms with Crippen LogP contribution >= 0.6 is 0 Å². The van der Waals surface area contributed by atoms with Crippen LogP contribution in [0.25, 0.3) is 0 Å². The van der Waals surface area contributed by atoms with E-state index in [2.05, 4.69) is 24.9 Å². The molecule has 0 bridgehead atoms. The molecule has 2 aliphatic heterocycles. The smallest absolute Gasteiger partial charge is 0.292 e. The standard InChI is InChI=1S/C19H26N6O2/c1-14-13-15(2)22-19(21-14)25-7-4-16(5-8-25)23-9-11-24(12-10-23)18(26)17-3-6-20-27-17/h3,6,13,16H,4-5,7-12H2,1-2H3. The highest BCUT2D eigenvalue weighted by Crippen LogP contribution is 2.22. The molecule has 144 valence electrons. The third-order valence-corrected chi connectivity index (χ3v) is 5.48. The van der Waals surface area contributed by atoms with Crippen LogP contribution < -0.4 is 4.90 Å². The summed E-state index contributed by atoms with van der Waals surface area (Å²) in [6.07, 6.45) is 3.72. The molecule has 0 radical (unpaired) electrons. The maximum atomic E-state index is 12.4. The monoisotopic (exact) mass is 370 g/mol. The van der Waals surface area contributed by atoms with Crippen LogP contribution in [0.4, 0.5) is 5.95 Å². The Labute approximate surface area is 159 Å². The highest BCUT2D eigenvalue weighted by molar-refractivity contribution is 5.91. The molecule has 27 heavy (non-hydrogen) atoms. The molecule has 0 atom stereocenters. The van der Waals surface area contributed by atoms with Gasteiger partial charge in [0.25, 0.3) is 5.91 Å². The summed E-state index contributed by atoms with van der Waals surface area (Å²) < 4.78 is 4.99. The van der Waals surface area contributed by atoms with Gasteiger partial charge in [-0.3, -0.25) is 9.69 Å². The summed E-state index contributed by atoms with van der Waals surface area (Å²) in [6, 6.07) is 4.20. The van der Waals surface area contributed by atoms with E-state index in [9.17, 15) is 4.79 Å². The minimum Gasteiger partial charge on any atom is -0.351 e. The molecule has 0 aliphatic carbocycles. The van der Waals surface area contributed by atoms with E-state index in [1.165, 1.54) is 6.20 Å². The van der Waals surface area contributed by atoms with Gasteiger partial charge in [0, 0.05) is 62.8 Å². The maximum Gasteiger partial charge on any atom is 0.292 e. The number of hydrogen-bond acceptors (Lipinski definition) is 7. The molecule has 4 rings (SSSR count). The molecule has 0 unspecified atom stereocenters. The van der Waals surface area contributed by atoms with Crippen molar-refractivity contribution in [3.05, 3.63) is 35.5 Å². The molecule has 2 fully saturated rings. The number of piperidine rings is 1. The maximum absolute atomic E-state index is 12.4. The molecule has 4 heterocycles. The van der Waals surface area contributed by atoms with E-state index in [-0.39, 0.29) is 5.91 Å². The van der Waals surface area contributed by atoms with Gasteiger partial charge >= 0.3 is 0 Å². The largest absolute Gasteiger partial charge is 0.351 e. The van der Waals surface area contributed by atoms with Gasteiger partial charge in [0.2, 0.25) is 11.7 Å². The van der Waals surface area contributed by atoms with Crippen molar-refractivity contribution in [2.45, 2.75) is 32.7 Å². The average Bonchev–Trinajstić information content (AvgIpc) is 3.22. The lowest BCUT2D eigenvalue weighted by atomic mass is 10.0. The number of rotatable bonds is 3. The van der Waals surface area contributed by atoms with Gasteiger partial charge in [0.05, 0.1) is 6.20 Å². The third-order valence-electron chi connectivity index (χ3n) is 5.48. The SMILES string of the molecule is Cc1cc(C)nc(N2CCC(N3CCN(C(=O)c4ccno4)CC3)CC2)n1. The summed E-state index contributed by atoms with van der Waals surface area (Å²) in [7, 11) is 0. The van der Waals surface area contributed by atoms with E-state index in [4.69, 9.17) is 4.52 Å². The summed E-state index contributed by atoms with van der Waals surface area (Å²) in [4.78, 5) is 28.2. The summed E-state index contributed by atoms with van der Waals surface area (Å²) in [5.41, 5.74) is 2.04. The van der Waals surface area contributed by atoms with Gasteiger partial charge in [0.15, 0.2) is 0 Å². The van der Waals surface area contributed by atoms with Crippen molar-refractivity contribution in [1.29, 1.82) is 0 Å². The van der Waals surface area contributed by atoms with E-state index in [0.29, 0.717) is 11.8 Å². The third kappa shape index (κ3) is 3.95. The minimum absolute atomic E-state index is 0.0612. The minimum atomic E-state index is -0.0612. The van der Waals surface area contributed by atoms with Gasteiger partial charge in [-0.2, -0.15) is 0 Å². The van der Waals surface area contributed by atoms with E-state index in [0.717, 1.165) is 69.4 Å². The first kappa shape index (κ1) is 17.9. The number of aromatic nitrogens is 3.